The summed E-state index contributed by atoms with van der Waals surface area (Å²) in [4.78, 5) is 26.5. The van der Waals surface area contributed by atoms with Crippen molar-refractivity contribution in [2.45, 2.75) is 38.1 Å². The number of allylic oxidation sites excluding steroid dienone is 3. The predicted molar refractivity (Wildman–Crippen MR) is 92.6 cm³/mol. The van der Waals surface area contributed by atoms with Gasteiger partial charge in [0.2, 0.25) is 5.91 Å². The number of likely N-dealkylation sites (tertiary alicyclic amines) is 1. The maximum atomic E-state index is 13.1. The predicted octanol–water partition coefficient (Wildman–Crippen LogP) is 3.37. The van der Waals surface area contributed by atoms with Crippen LogP contribution in [0.15, 0.2) is 54.1 Å². The Hall–Kier alpha value is -2.36. The first kappa shape index (κ1) is 16.5. The Morgan fingerprint density at radius 2 is 2.04 bits per heavy atom. The molecule has 0 saturated carbocycles. The van der Waals surface area contributed by atoms with Crippen LogP contribution in [0.2, 0.25) is 0 Å². The maximum absolute atomic E-state index is 13.1. The highest BCUT2D eigenvalue weighted by Crippen LogP contribution is 2.35. The van der Waals surface area contributed by atoms with Crippen LogP contribution in [0.3, 0.4) is 0 Å². The lowest BCUT2D eigenvalue weighted by molar-refractivity contribution is -0.152. The first-order valence-corrected chi connectivity index (χ1v) is 8.55. The average molecular weight is 325 g/mol. The summed E-state index contributed by atoms with van der Waals surface area (Å²) in [5.74, 6) is -1.02. The molecule has 2 aliphatic rings. The second-order valence-corrected chi connectivity index (χ2v) is 6.53. The van der Waals surface area contributed by atoms with Crippen LogP contribution < -0.4 is 0 Å². The lowest BCUT2D eigenvalue weighted by Gasteiger charge is -2.41. The summed E-state index contributed by atoms with van der Waals surface area (Å²) in [6.07, 6.45) is 8.15. The first-order valence-electron chi connectivity index (χ1n) is 8.55. The molecule has 0 radical (unpaired) electrons. The molecule has 1 aliphatic heterocycles. The smallest absolute Gasteiger partial charge is 0.326 e. The summed E-state index contributed by atoms with van der Waals surface area (Å²) in [5.41, 5.74) is 2.13. The molecule has 24 heavy (non-hydrogen) atoms. The zero-order valence-electron chi connectivity index (χ0n) is 13.9. The van der Waals surface area contributed by atoms with Crippen molar-refractivity contribution in [1.82, 2.24) is 4.90 Å². The zero-order valence-corrected chi connectivity index (χ0v) is 13.9. The molecule has 1 fully saturated rings. The standard InChI is InChI=1S/C20H23NO3/c1-2-17(14-8-4-3-5-9-14)19(22)21-13-16-11-7-6-10-15(16)12-18(21)20(23)24/h3-9,11,15,17-18H,2,10,12-13H2,1H3,(H,23,24). The molecule has 126 valence electrons. The van der Waals surface area contributed by atoms with E-state index >= 15 is 0 Å². The van der Waals surface area contributed by atoms with Gasteiger partial charge in [-0.05, 0) is 36.3 Å². The number of amides is 1. The SMILES string of the molecule is CCC(C(=O)N1CC2=CC=CCC2CC1C(=O)O)c1ccccc1. The third-order valence-electron chi connectivity index (χ3n) is 5.10. The van der Waals surface area contributed by atoms with Crippen molar-refractivity contribution in [2.75, 3.05) is 6.54 Å². The molecular formula is C20H23NO3. The van der Waals surface area contributed by atoms with Gasteiger partial charge in [-0.15, -0.1) is 0 Å². The number of aliphatic carboxylic acids is 1. The fourth-order valence-corrected chi connectivity index (χ4v) is 3.76. The number of carboxylic acids is 1. The molecule has 0 aromatic heterocycles. The Bertz CT molecular complexity index is 677. The fraction of sp³-hybridized carbons (Fsp3) is 0.400. The monoisotopic (exact) mass is 325 g/mol. The van der Waals surface area contributed by atoms with Crippen molar-refractivity contribution in [3.8, 4) is 0 Å². The number of hydrogen-bond donors (Lipinski definition) is 1. The molecule has 3 unspecified atom stereocenters. The van der Waals surface area contributed by atoms with E-state index in [-0.39, 0.29) is 17.7 Å². The number of benzene rings is 1. The second kappa shape index (κ2) is 7.04. The molecule has 0 bridgehead atoms. The number of rotatable bonds is 4. The molecule has 4 heteroatoms. The number of carbonyl (C=O) groups excluding carboxylic acids is 1. The molecule has 3 rings (SSSR count). The van der Waals surface area contributed by atoms with E-state index in [4.69, 9.17) is 0 Å². The van der Waals surface area contributed by atoms with Crippen LogP contribution in [0.1, 0.15) is 37.7 Å². The van der Waals surface area contributed by atoms with Gasteiger partial charge < -0.3 is 10.0 Å². The molecule has 1 amide bonds. The van der Waals surface area contributed by atoms with Crippen LogP contribution in [0.5, 0.6) is 0 Å². The van der Waals surface area contributed by atoms with Gasteiger partial charge in [0.25, 0.3) is 0 Å². The van der Waals surface area contributed by atoms with E-state index in [0.29, 0.717) is 19.4 Å². The largest absolute Gasteiger partial charge is 0.480 e. The van der Waals surface area contributed by atoms with Crippen molar-refractivity contribution >= 4 is 11.9 Å². The molecule has 1 heterocycles. The summed E-state index contributed by atoms with van der Waals surface area (Å²) in [5, 5.41) is 9.64. The van der Waals surface area contributed by atoms with Crippen molar-refractivity contribution in [3.63, 3.8) is 0 Å². The van der Waals surface area contributed by atoms with Crippen molar-refractivity contribution < 1.29 is 14.7 Å². The normalized spacial score (nSPS) is 24.0. The van der Waals surface area contributed by atoms with E-state index in [1.165, 1.54) is 5.57 Å². The Labute approximate surface area is 142 Å². The highest BCUT2D eigenvalue weighted by atomic mass is 16.4. The number of nitrogens with zero attached hydrogens (tertiary/aromatic N) is 1. The van der Waals surface area contributed by atoms with E-state index in [9.17, 15) is 14.7 Å². The minimum Gasteiger partial charge on any atom is -0.480 e. The van der Waals surface area contributed by atoms with E-state index in [1.54, 1.807) is 4.90 Å². The number of carbonyl (C=O) groups is 2. The van der Waals surface area contributed by atoms with Crippen LogP contribution in [0.25, 0.3) is 0 Å². The van der Waals surface area contributed by atoms with E-state index in [1.807, 2.05) is 49.4 Å². The van der Waals surface area contributed by atoms with Crippen molar-refractivity contribution in [2.24, 2.45) is 5.92 Å². The number of piperidine rings is 1. The molecule has 1 aromatic rings. The van der Waals surface area contributed by atoms with Gasteiger partial charge >= 0.3 is 5.97 Å². The van der Waals surface area contributed by atoms with Crippen LogP contribution in [0.4, 0.5) is 0 Å². The molecular weight excluding hydrogens is 302 g/mol. The summed E-state index contributed by atoms with van der Waals surface area (Å²) in [7, 11) is 0. The van der Waals surface area contributed by atoms with Gasteiger partial charge in [0.1, 0.15) is 6.04 Å². The highest BCUT2D eigenvalue weighted by molar-refractivity contribution is 5.88. The Morgan fingerprint density at radius 1 is 1.29 bits per heavy atom. The molecule has 1 N–H and O–H groups in total. The molecule has 3 atom stereocenters. The van der Waals surface area contributed by atoms with Gasteiger partial charge in [-0.2, -0.15) is 0 Å². The van der Waals surface area contributed by atoms with Crippen LogP contribution in [-0.4, -0.2) is 34.5 Å². The fourth-order valence-electron chi connectivity index (χ4n) is 3.76. The number of fused-ring (bicyclic) bond motifs is 1. The zero-order chi connectivity index (χ0) is 17.1. The minimum atomic E-state index is -0.903. The molecule has 1 aromatic carbocycles. The summed E-state index contributed by atoms with van der Waals surface area (Å²) >= 11 is 0. The van der Waals surface area contributed by atoms with Gasteiger partial charge in [0.15, 0.2) is 0 Å². The Kier molecular flexibility index (Phi) is 4.84. The summed E-state index contributed by atoms with van der Waals surface area (Å²) < 4.78 is 0. The lowest BCUT2D eigenvalue weighted by atomic mass is 9.81. The van der Waals surface area contributed by atoms with Crippen molar-refractivity contribution in [3.05, 3.63) is 59.7 Å². The number of carboxylic acid groups (broad SMARTS) is 1. The minimum absolute atomic E-state index is 0.0787. The van der Waals surface area contributed by atoms with Gasteiger partial charge in [0.05, 0.1) is 5.92 Å². The third-order valence-corrected chi connectivity index (χ3v) is 5.10. The molecule has 4 nitrogen and oxygen atoms in total. The van der Waals surface area contributed by atoms with Gasteiger partial charge in [0, 0.05) is 6.54 Å². The maximum Gasteiger partial charge on any atom is 0.326 e. The van der Waals surface area contributed by atoms with Gasteiger partial charge in [-0.25, -0.2) is 4.79 Å². The Balaban J connectivity index is 1.89. The average Bonchev–Trinajstić information content (AvgIpc) is 2.62. The Morgan fingerprint density at radius 3 is 2.71 bits per heavy atom. The van der Waals surface area contributed by atoms with E-state index in [2.05, 4.69) is 6.08 Å². The quantitative estimate of drug-likeness (QED) is 0.923. The number of hydrogen-bond acceptors (Lipinski definition) is 2. The first-order chi connectivity index (χ1) is 11.6. The molecule has 1 aliphatic carbocycles. The van der Waals surface area contributed by atoms with Crippen LogP contribution in [0, 0.1) is 5.92 Å². The van der Waals surface area contributed by atoms with Gasteiger partial charge in [-0.3, -0.25) is 4.79 Å². The van der Waals surface area contributed by atoms with Crippen LogP contribution >= 0.6 is 0 Å². The molecule has 0 spiro atoms. The van der Waals surface area contributed by atoms with E-state index < -0.39 is 12.0 Å². The van der Waals surface area contributed by atoms with E-state index in [0.717, 1.165) is 12.0 Å². The molecule has 1 saturated heterocycles. The van der Waals surface area contributed by atoms with Gasteiger partial charge in [-0.1, -0.05) is 55.5 Å². The third kappa shape index (κ3) is 3.14. The van der Waals surface area contributed by atoms with Crippen molar-refractivity contribution in [1.29, 1.82) is 0 Å². The van der Waals surface area contributed by atoms with Crippen LogP contribution in [-0.2, 0) is 9.59 Å². The summed E-state index contributed by atoms with van der Waals surface area (Å²) in [6, 6.07) is 8.91. The highest BCUT2D eigenvalue weighted by Gasteiger charge is 2.40. The summed E-state index contributed by atoms with van der Waals surface area (Å²) in [6.45, 7) is 2.40. The topological polar surface area (TPSA) is 57.6 Å². The lowest BCUT2D eigenvalue weighted by Crippen LogP contribution is -2.52. The second-order valence-electron chi connectivity index (χ2n) is 6.53.